The molecule has 1 saturated carbocycles. The van der Waals surface area contributed by atoms with Gasteiger partial charge in [-0.1, -0.05) is 49.9 Å². The molecular formula is C24H25FN2O3. The molecule has 2 aromatic rings. The highest BCUT2D eigenvalue weighted by molar-refractivity contribution is 6.12. The van der Waals surface area contributed by atoms with E-state index in [0.717, 1.165) is 25.7 Å². The monoisotopic (exact) mass is 408 g/mol. The van der Waals surface area contributed by atoms with Crippen molar-refractivity contribution >= 4 is 23.6 Å². The fourth-order valence-electron chi connectivity index (χ4n) is 3.97. The van der Waals surface area contributed by atoms with Crippen molar-refractivity contribution in [2.24, 2.45) is 0 Å². The van der Waals surface area contributed by atoms with Gasteiger partial charge in [-0.05, 0) is 48.7 Å². The van der Waals surface area contributed by atoms with Gasteiger partial charge in [-0.3, -0.25) is 14.5 Å². The summed E-state index contributed by atoms with van der Waals surface area (Å²) >= 11 is 0. The van der Waals surface area contributed by atoms with E-state index in [1.807, 2.05) is 6.07 Å². The molecule has 0 unspecified atom stereocenters. The number of benzene rings is 2. The second-order valence-electron chi connectivity index (χ2n) is 7.78. The van der Waals surface area contributed by atoms with Gasteiger partial charge in [-0.25, -0.2) is 4.39 Å². The van der Waals surface area contributed by atoms with Crippen LogP contribution in [0.4, 0.5) is 10.1 Å². The quantitative estimate of drug-likeness (QED) is 0.601. The zero-order valence-corrected chi connectivity index (χ0v) is 16.8. The van der Waals surface area contributed by atoms with Gasteiger partial charge in [-0.2, -0.15) is 0 Å². The van der Waals surface area contributed by atoms with E-state index < -0.39 is 5.91 Å². The molecular weight excluding hydrogens is 383 g/mol. The Morgan fingerprint density at radius 1 is 1.07 bits per heavy atom. The van der Waals surface area contributed by atoms with Crippen LogP contribution in [0.15, 0.2) is 54.3 Å². The van der Waals surface area contributed by atoms with Crippen molar-refractivity contribution in [1.82, 2.24) is 5.32 Å². The van der Waals surface area contributed by atoms with E-state index in [1.54, 1.807) is 36.4 Å². The van der Waals surface area contributed by atoms with Gasteiger partial charge in [0.15, 0.2) is 11.5 Å². The number of carbonyl (C=O) groups excluding carboxylic acids is 2. The average Bonchev–Trinajstić information content (AvgIpc) is 3.01. The highest BCUT2D eigenvalue weighted by Gasteiger charge is 2.32. The van der Waals surface area contributed by atoms with E-state index in [2.05, 4.69) is 5.32 Å². The molecule has 0 bridgehead atoms. The minimum absolute atomic E-state index is 0.0730. The normalized spacial score (nSPS) is 18.5. The summed E-state index contributed by atoms with van der Waals surface area (Å²) in [6.45, 7) is -0.0730. The van der Waals surface area contributed by atoms with Crippen molar-refractivity contribution in [3.8, 4) is 5.75 Å². The van der Waals surface area contributed by atoms with Crippen LogP contribution in [0.1, 0.15) is 44.1 Å². The van der Waals surface area contributed by atoms with Gasteiger partial charge < -0.3 is 10.1 Å². The Morgan fingerprint density at radius 3 is 2.50 bits per heavy atom. The lowest BCUT2D eigenvalue weighted by Crippen LogP contribution is -2.46. The molecule has 1 fully saturated rings. The van der Waals surface area contributed by atoms with Gasteiger partial charge in [0.2, 0.25) is 5.91 Å². The third kappa shape index (κ3) is 4.70. The predicted octanol–water partition coefficient (Wildman–Crippen LogP) is 4.43. The summed E-state index contributed by atoms with van der Waals surface area (Å²) in [7, 11) is 0. The smallest absolute Gasteiger partial charge is 0.294 e. The molecule has 0 spiro atoms. The van der Waals surface area contributed by atoms with Crippen LogP contribution in [0.3, 0.4) is 0 Å². The zero-order chi connectivity index (χ0) is 20.9. The number of amides is 2. The molecule has 2 aromatic carbocycles. The minimum atomic E-state index is -0.394. The first-order chi connectivity index (χ1) is 14.6. The van der Waals surface area contributed by atoms with Crippen LogP contribution in [0.5, 0.6) is 5.75 Å². The molecule has 0 saturated heterocycles. The van der Waals surface area contributed by atoms with Crippen molar-refractivity contribution in [2.45, 2.75) is 44.6 Å². The molecule has 1 aliphatic carbocycles. The van der Waals surface area contributed by atoms with Gasteiger partial charge in [0.05, 0.1) is 5.69 Å². The number of carbonyl (C=O) groups is 2. The summed E-state index contributed by atoms with van der Waals surface area (Å²) in [6.07, 6.45) is 8.18. The molecule has 2 aliphatic rings. The molecule has 0 aromatic heterocycles. The van der Waals surface area contributed by atoms with E-state index in [1.165, 1.54) is 29.9 Å². The zero-order valence-electron chi connectivity index (χ0n) is 16.8. The van der Waals surface area contributed by atoms with Gasteiger partial charge in [-0.15, -0.1) is 0 Å². The summed E-state index contributed by atoms with van der Waals surface area (Å²) in [4.78, 5) is 27.3. The molecule has 5 nitrogen and oxygen atoms in total. The predicted molar refractivity (Wildman–Crippen MR) is 113 cm³/mol. The number of ether oxygens (including phenoxy) is 1. The Morgan fingerprint density at radius 2 is 1.77 bits per heavy atom. The summed E-state index contributed by atoms with van der Waals surface area (Å²) in [5.74, 6) is -0.312. The third-order valence-electron chi connectivity index (χ3n) is 5.52. The SMILES string of the molecule is O=C(CN1C(=O)/C(=C\c2ccc(F)cc2)Oc2ccccc21)NC1CCCCCC1. The lowest BCUT2D eigenvalue weighted by atomic mass is 10.1. The number of hydrogen-bond acceptors (Lipinski definition) is 3. The van der Waals surface area contributed by atoms with E-state index in [4.69, 9.17) is 4.74 Å². The Balaban J connectivity index is 1.55. The van der Waals surface area contributed by atoms with Gasteiger partial charge >= 0.3 is 0 Å². The number of hydrogen-bond donors (Lipinski definition) is 1. The molecule has 156 valence electrons. The van der Waals surface area contributed by atoms with Crippen LogP contribution in [0.2, 0.25) is 0 Å². The fourth-order valence-corrected chi connectivity index (χ4v) is 3.97. The molecule has 0 radical (unpaired) electrons. The molecule has 1 N–H and O–H groups in total. The average molecular weight is 408 g/mol. The Bertz CT molecular complexity index is 947. The number of halogens is 1. The number of nitrogens with zero attached hydrogens (tertiary/aromatic N) is 1. The first-order valence-electron chi connectivity index (χ1n) is 10.5. The number of para-hydroxylation sites is 2. The topological polar surface area (TPSA) is 58.6 Å². The Labute approximate surface area is 175 Å². The minimum Gasteiger partial charge on any atom is -0.449 e. The van der Waals surface area contributed by atoms with Crippen LogP contribution in [0, 0.1) is 5.82 Å². The maximum atomic E-state index is 13.2. The second-order valence-corrected chi connectivity index (χ2v) is 7.78. The van der Waals surface area contributed by atoms with E-state index in [9.17, 15) is 14.0 Å². The third-order valence-corrected chi connectivity index (χ3v) is 5.52. The highest BCUT2D eigenvalue weighted by Crippen LogP contribution is 2.35. The fraction of sp³-hybridized carbons (Fsp3) is 0.333. The second kappa shape index (κ2) is 9.11. The van der Waals surface area contributed by atoms with Crippen molar-refractivity contribution in [1.29, 1.82) is 0 Å². The van der Waals surface area contributed by atoms with Crippen LogP contribution in [-0.4, -0.2) is 24.4 Å². The molecule has 1 aliphatic heterocycles. The summed E-state index contributed by atoms with van der Waals surface area (Å²) in [5, 5.41) is 3.09. The van der Waals surface area contributed by atoms with Gasteiger partial charge in [0, 0.05) is 6.04 Å². The largest absolute Gasteiger partial charge is 0.449 e. The van der Waals surface area contributed by atoms with E-state index in [0.29, 0.717) is 17.0 Å². The Kier molecular flexibility index (Phi) is 6.12. The summed E-state index contributed by atoms with van der Waals surface area (Å²) in [5.41, 5.74) is 1.21. The molecule has 4 rings (SSSR count). The maximum absolute atomic E-state index is 13.2. The van der Waals surface area contributed by atoms with Crippen LogP contribution in [0.25, 0.3) is 6.08 Å². The number of nitrogens with one attached hydrogen (secondary N) is 1. The maximum Gasteiger partial charge on any atom is 0.294 e. The van der Waals surface area contributed by atoms with E-state index >= 15 is 0 Å². The van der Waals surface area contributed by atoms with Crippen molar-refractivity contribution in [2.75, 3.05) is 11.4 Å². The lowest BCUT2D eigenvalue weighted by Gasteiger charge is -2.30. The number of rotatable bonds is 4. The highest BCUT2D eigenvalue weighted by atomic mass is 19.1. The molecule has 6 heteroatoms. The molecule has 1 heterocycles. The first-order valence-corrected chi connectivity index (χ1v) is 10.5. The molecule has 30 heavy (non-hydrogen) atoms. The van der Waals surface area contributed by atoms with Gasteiger partial charge in [0.25, 0.3) is 5.91 Å². The Hall–Kier alpha value is -3.15. The standard InChI is InChI=1S/C24H25FN2O3/c25-18-13-11-17(12-14-18)15-22-24(29)27(20-9-5-6-10-21(20)30-22)16-23(28)26-19-7-3-1-2-4-8-19/h5-6,9-15,19H,1-4,7-8,16H2,(H,26,28)/b22-15+. The summed E-state index contributed by atoms with van der Waals surface area (Å²) in [6, 6.07) is 13.1. The van der Waals surface area contributed by atoms with Crippen molar-refractivity contribution in [3.05, 3.63) is 65.7 Å². The lowest BCUT2D eigenvalue weighted by molar-refractivity contribution is -0.124. The molecule has 2 amide bonds. The van der Waals surface area contributed by atoms with Gasteiger partial charge in [0.1, 0.15) is 12.4 Å². The van der Waals surface area contributed by atoms with Crippen molar-refractivity contribution in [3.63, 3.8) is 0 Å². The summed E-state index contributed by atoms with van der Waals surface area (Å²) < 4.78 is 19.0. The number of fused-ring (bicyclic) bond motifs is 1. The van der Waals surface area contributed by atoms with Crippen LogP contribution < -0.4 is 15.0 Å². The van der Waals surface area contributed by atoms with Crippen molar-refractivity contribution < 1.29 is 18.7 Å². The van der Waals surface area contributed by atoms with Crippen LogP contribution >= 0.6 is 0 Å². The number of anilines is 1. The molecule has 0 atom stereocenters. The van der Waals surface area contributed by atoms with Crippen LogP contribution in [-0.2, 0) is 9.59 Å². The van der Waals surface area contributed by atoms with E-state index in [-0.39, 0.29) is 30.1 Å². The first kappa shape index (κ1) is 20.1.